The number of aryl methyl sites for hydroxylation is 1. The molecule has 0 N–H and O–H groups in total. The molecule has 28 heavy (non-hydrogen) atoms. The average molecular weight is 401 g/mol. The van der Waals surface area contributed by atoms with Crippen molar-refractivity contribution >= 4 is 17.2 Å². The van der Waals surface area contributed by atoms with Crippen molar-refractivity contribution in [3.8, 4) is 0 Å². The molecule has 2 aromatic heterocycles. The average Bonchev–Trinajstić information content (AvgIpc) is 3.27. The maximum atomic E-state index is 12.7. The predicted molar refractivity (Wildman–Crippen MR) is 109 cm³/mol. The summed E-state index contributed by atoms with van der Waals surface area (Å²) in [4.78, 5) is 25.9. The Hall–Kier alpha value is -1.83. The summed E-state index contributed by atoms with van der Waals surface area (Å²) in [5.41, 5.74) is 2.12. The number of carbonyl (C=O) groups is 1. The van der Waals surface area contributed by atoms with Gasteiger partial charge < -0.3 is 9.64 Å². The molecule has 1 spiro atoms. The van der Waals surface area contributed by atoms with E-state index in [0.717, 1.165) is 57.1 Å². The minimum absolute atomic E-state index is 0.0813. The summed E-state index contributed by atoms with van der Waals surface area (Å²) in [5.74, 6) is 0.0813. The zero-order valence-corrected chi connectivity index (χ0v) is 17.5. The molecule has 2 aliphatic rings. The van der Waals surface area contributed by atoms with Crippen molar-refractivity contribution in [3.63, 3.8) is 0 Å². The first-order chi connectivity index (χ1) is 13.6. The van der Waals surface area contributed by atoms with E-state index < -0.39 is 0 Å². The summed E-state index contributed by atoms with van der Waals surface area (Å²) in [5, 5.41) is 2.82. The van der Waals surface area contributed by atoms with Crippen LogP contribution < -0.4 is 0 Å². The van der Waals surface area contributed by atoms with Crippen LogP contribution in [-0.2, 0) is 11.3 Å². The highest BCUT2D eigenvalue weighted by molar-refractivity contribution is 7.09. The lowest BCUT2D eigenvalue weighted by molar-refractivity contribution is 0.0582. The first-order valence-electron chi connectivity index (χ1n) is 9.92. The second-order valence-electron chi connectivity index (χ2n) is 8.12. The number of thiazole rings is 1. The number of pyridine rings is 1. The molecule has 2 saturated heterocycles. The van der Waals surface area contributed by atoms with Crippen LogP contribution in [0.5, 0.6) is 0 Å². The van der Waals surface area contributed by atoms with E-state index in [1.54, 1.807) is 7.11 Å². The van der Waals surface area contributed by atoms with Crippen LogP contribution in [0.1, 0.15) is 40.3 Å². The molecule has 6 nitrogen and oxygen atoms in total. The van der Waals surface area contributed by atoms with Gasteiger partial charge in [0, 0.05) is 57.1 Å². The van der Waals surface area contributed by atoms with E-state index in [0.29, 0.717) is 11.7 Å². The van der Waals surface area contributed by atoms with Crippen molar-refractivity contribution in [1.29, 1.82) is 0 Å². The Morgan fingerprint density at radius 1 is 1.39 bits per heavy atom. The number of ether oxygens (including phenoxy) is 1. The lowest BCUT2D eigenvalue weighted by Crippen LogP contribution is -2.44. The Morgan fingerprint density at radius 2 is 2.21 bits per heavy atom. The molecule has 0 aliphatic carbocycles. The van der Waals surface area contributed by atoms with Gasteiger partial charge in [-0.25, -0.2) is 4.98 Å². The van der Waals surface area contributed by atoms with Crippen LogP contribution >= 0.6 is 11.3 Å². The minimum atomic E-state index is 0.0813. The number of methoxy groups -OCH3 is 1. The normalized spacial score (nSPS) is 22.1. The van der Waals surface area contributed by atoms with Crippen LogP contribution in [0.15, 0.2) is 29.9 Å². The van der Waals surface area contributed by atoms with E-state index in [4.69, 9.17) is 4.74 Å². The summed E-state index contributed by atoms with van der Waals surface area (Å²) in [7, 11) is 1.78. The molecule has 2 aliphatic heterocycles. The van der Waals surface area contributed by atoms with Gasteiger partial charge in [0.15, 0.2) is 0 Å². The molecule has 0 saturated carbocycles. The lowest BCUT2D eigenvalue weighted by Gasteiger charge is -2.39. The van der Waals surface area contributed by atoms with Crippen LogP contribution in [-0.4, -0.2) is 65.1 Å². The summed E-state index contributed by atoms with van der Waals surface area (Å²) < 4.78 is 5.52. The van der Waals surface area contributed by atoms with Crippen LogP contribution in [0.2, 0.25) is 0 Å². The molecular weight excluding hydrogens is 372 g/mol. The molecule has 1 amide bonds. The molecule has 4 heterocycles. The zero-order chi connectivity index (χ0) is 19.6. The number of rotatable bonds is 5. The van der Waals surface area contributed by atoms with Gasteiger partial charge in [0.05, 0.1) is 11.6 Å². The molecule has 0 aromatic carbocycles. The van der Waals surface area contributed by atoms with Crippen LogP contribution in [0.25, 0.3) is 0 Å². The van der Waals surface area contributed by atoms with Crippen molar-refractivity contribution < 1.29 is 9.53 Å². The van der Waals surface area contributed by atoms with Crippen molar-refractivity contribution in [2.24, 2.45) is 5.41 Å². The Bertz CT molecular complexity index is 802. The van der Waals surface area contributed by atoms with E-state index in [-0.39, 0.29) is 11.3 Å². The molecular formula is C21H28N4O2S. The Kier molecular flexibility index (Phi) is 5.75. The quantitative estimate of drug-likeness (QED) is 0.772. The molecule has 0 bridgehead atoms. The predicted octanol–water partition coefficient (Wildman–Crippen LogP) is 2.99. The van der Waals surface area contributed by atoms with Gasteiger partial charge in [-0.2, -0.15) is 0 Å². The number of likely N-dealkylation sites (tertiary alicyclic amines) is 2. The van der Waals surface area contributed by atoms with Gasteiger partial charge >= 0.3 is 0 Å². The standard InChI is InChI=1S/C21H28N4O2S/c1-16-23-19(14-28-16)20(26)24-8-5-21(6-9-24)10-18(13-27-2)25(15-21)12-17-4-3-7-22-11-17/h3-4,7,11,14,18H,5-6,8-10,12-13,15H2,1-2H3/t18-/m0/s1. The van der Waals surface area contributed by atoms with Crippen molar-refractivity contribution in [1.82, 2.24) is 19.8 Å². The fraction of sp³-hybridized carbons (Fsp3) is 0.571. The Balaban J connectivity index is 1.40. The highest BCUT2D eigenvalue weighted by Crippen LogP contribution is 2.44. The van der Waals surface area contributed by atoms with E-state index >= 15 is 0 Å². The summed E-state index contributed by atoms with van der Waals surface area (Å²) in [6.45, 7) is 6.30. The molecule has 0 unspecified atom stereocenters. The van der Waals surface area contributed by atoms with E-state index in [2.05, 4.69) is 20.9 Å². The van der Waals surface area contributed by atoms with Gasteiger partial charge in [0.25, 0.3) is 5.91 Å². The number of amides is 1. The number of hydrogen-bond acceptors (Lipinski definition) is 6. The first-order valence-corrected chi connectivity index (χ1v) is 10.8. The maximum absolute atomic E-state index is 12.7. The second-order valence-corrected chi connectivity index (χ2v) is 9.19. The molecule has 1 atom stereocenters. The summed E-state index contributed by atoms with van der Waals surface area (Å²) >= 11 is 1.54. The molecule has 4 rings (SSSR count). The molecule has 2 fully saturated rings. The fourth-order valence-electron chi connectivity index (χ4n) is 4.69. The highest BCUT2D eigenvalue weighted by atomic mass is 32.1. The van der Waals surface area contributed by atoms with Crippen LogP contribution in [0.3, 0.4) is 0 Å². The number of nitrogens with zero attached hydrogens (tertiary/aromatic N) is 4. The lowest BCUT2D eigenvalue weighted by atomic mass is 9.76. The monoisotopic (exact) mass is 400 g/mol. The third-order valence-electron chi connectivity index (χ3n) is 6.14. The number of carbonyl (C=O) groups excluding carboxylic acids is 1. The first kappa shape index (κ1) is 19.5. The smallest absolute Gasteiger partial charge is 0.273 e. The minimum Gasteiger partial charge on any atom is -0.383 e. The largest absolute Gasteiger partial charge is 0.383 e. The van der Waals surface area contributed by atoms with E-state index in [9.17, 15) is 4.79 Å². The van der Waals surface area contributed by atoms with Crippen LogP contribution in [0, 0.1) is 12.3 Å². The summed E-state index contributed by atoms with van der Waals surface area (Å²) in [6.07, 6.45) is 7.00. The molecule has 150 valence electrons. The van der Waals surface area contributed by atoms with Gasteiger partial charge in [-0.1, -0.05) is 6.07 Å². The molecule has 2 aromatic rings. The second kappa shape index (κ2) is 8.27. The van der Waals surface area contributed by atoms with Crippen LogP contribution in [0.4, 0.5) is 0 Å². The van der Waals surface area contributed by atoms with Gasteiger partial charge in [0.2, 0.25) is 0 Å². The zero-order valence-electron chi connectivity index (χ0n) is 16.6. The third-order valence-corrected chi connectivity index (χ3v) is 6.91. The van der Waals surface area contributed by atoms with Gasteiger partial charge in [-0.15, -0.1) is 11.3 Å². The SMILES string of the molecule is COC[C@@H]1CC2(CCN(C(=O)c3csc(C)n3)CC2)CN1Cc1cccnc1. The number of hydrogen-bond donors (Lipinski definition) is 0. The summed E-state index contributed by atoms with van der Waals surface area (Å²) in [6, 6.07) is 4.56. The van der Waals surface area contributed by atoms with E-state index in [1.165, 1.54) is 16.9 Å². The van der Waals surface area contributed by atoms with Gasteiger partial charge in [-0.05, 0) is 43.2 Å². The number of piperidine rings is 1. The van der Waals surface area contributed by atoms with Crippen molar-refractivity contribution in [2.45, 2.75) is 38.8 Å². The Labute approximate surface area is 170 Å². The topological polar surface area (TPSA) is 58.6 Å². The fourth-order valence-corrected chi connectivity index (χ4v) is 5.28. The molecule has 7 heteroatoms. The van der Waals surface area contributed by atoms with E-state index in [1.807, 2.05) is 35.7 Å². The Morgan fingerprint density at radius 3 is 2.86 bits per heavy atom. The maximum Gasteiger partial charge on any atom is 0.273 e. The van der Waals surface area contributed by atoms with Crippen molar-refractivity contribution in [2.75, 3.05) is 33.4 Å². The third kappa shape index (κ3) is 4.11. The number of aromatic nitrogens is 2. The van der Waals surface area contributed by atoms with Gasteiger partial charge in [-0.3, -0.25) is 14.7 Å². The molecule has 0 radical (unpaired) electrons. The van der Waals surface area contributed by atoms with Gasteiger partial charge in [0.1, 0.15) is 5.69 Å². The van der Waals surface area contributed by atoms with Crippen molar-refractivity contribution in [3.05, 3.63) is 46.2 Å². The highest BCUT2D eigenvalue weighted by Gasteiger charge is 2.46.